The van der Waals surface area contributed by atoms with Gasteiger partial charge in [0.15, 0.2) is 0 Å². The highest BCUT2D eigenvalue weighted by molar-refractivity contribution is 5.16. The molecule has 0 bridgehead atoms. The lowest BCUT2D eigenvalue weighted by Gasteiger charge is -2.27. The van der Waals surface area contributed by atoms with Gasteiger partial charge in [0.25, 0.3) is 0 Å². The molecule has 0 radical (unpaired) electrons. The molecule has 0 aromatic carbocycles. The van der Waals surface area contributed by atoms with Gasteiger partial charge in [0, 0.05) is 13.1 Å². The highest BCUT2D eigenvalue weighted by Crippen LogP contribution is 2.19. The lowest BCUT2D eigenvalue weighted by molar-refractivity contribution is 0.261. The van der Waals surface area contributed by atoms with E-state index in [2.05, 4.69) is 27.7 Å². The number of likely N-dealkylation sites (N-methyl/N-ethyl adjacent to an activating group) is 1. The Morgan fingerprint density at radius 1 is 1.31 bits per heavy atom. The van der Waals surface area contributed by atoms with Crippen LogP contribution in [0.1, 0.15) is 47.0 Å². The Morgan fingerprint density at radius 2 is 1.85 bits per heavy atom. The van der Waals surface area contributed by atoms with Crippen molar-refractivity contribution in [2.75, 3.05) is 7.05 Å². The maximum atomic E-state index is 5.84. The number of hydrogen-bond donors (Lipinski definition) is 1. The minimum Gasteiger partial charge on any atom is -0.268 e. The molecule has 2 nitrogen and oxygen atoms in total. The number of rotatable bonds is 5. The third-order valence-corrected chi connectivity index (χ3v) is 2.48. The van der Waals surface area contributed by atoms with Gasteiger partial charge in [0.05, 0.1) is 0 Å². The van der Waals surface area contributed by atoms with E-state index in [-0.39, 0.29) is 0 Å². The summed E-state index contributed by atoms with van der Waals surface area (Å²) in [5, 5.41) is 1.84. The maximum absolute atomic E-state index is 5.84. The molecule has 2 heteroatoms. The summed E-state index contributed by atoms with van der Waals surface area (Å²) in [6.07, 6.45) is 3.44. The lowest BCUT2D eigenvalue weighted by Crippen LogP contribution is -2.39. The Bertz CT molecular complexity index is 167. The average molecular weight is 184 g/mol. The Balaban J connectivity index is 4.60. The first-order chi connectivity index (χ1) is 6.04. The molecule has 0 aliphatic heterocycles. The fourth-order valence-electron chi connectivity index (χ4n) is 1.82. The molecular formula is C11H24N2. The molecule has 1 unspecified atom stereocenters. The predicted molar refractivity (Wildman–Crippen MR) is 59.3 cm³/mol. The topological polar surface area (TPSA) is 29.3 Å². The van der Waals surface area contributed by atoms with Gasteiger partial charge in [-0.1, -0.05) is 31.4 Å². The standard InChI is InChI=1S/C11H24N2/c1-6-8-11(13(5)12)10(7-2)9(3)4/h11H,6-8,12H2,1-5H3. The van der Waals surface area contributed by atoms with Crippen molar-refractivity contribution < 1.29 is 0 Å². The monoisotopic (exact) mass is 184 g/mol. The first-order valence-corrected chi connectivity index (χ1v) is 5.18. The molecule has 13 heavy (non-hydrogen) atoms. The van der Waals surface area contributed by atoms with Gasteiger partial charge in [-0.05, 0) is 26.7 Å². The minimum absolute atomic E-state index is 0.431. The van der Waals surface area contributed by atoms with E-state index >= 15 is 0 Å². The third-order valence-electron chi connectivity index (χ3n) is 2.48. The molecule has 0 spiro atoms. The van der Waals surface area contributed by atoms with Crippen molar-refractivity contribution in [3.8, 4) is 0 Å². The first-order valence-electron chi connectivity index (χ1n) is 5.18. The smallest absolute Gasteiger partial charge is 0.0449 e. The normalized spacial score (nSPS) is 13.2. The van der Waals surface area contributed by atoms with Crippen LogP contribution in [0.3, 0.4) is 0 Å². The van der Waals surface area contributed by atoms with E-state index in [0.29, 0.717) is 6.04 Å². The van der Waals surface area contributed by atoms with Crippen LogP contribution in [0.15, 0.2) is 11.1 Å². The molecular weight excluding hydrogens is 160 g/mol. The van der Waals surface area contributed by atoms with Gasteiger partial charge < -0.3 is 0 Å². The summed E-state index contributed by atoms with van der Waals surface area (Å²) in [7, 11) is 1.96. The zero-order chi connectivity index (χ0) is 10.4. The minimum atomic E-state index is 0.431. The van der Waals surface area contributed by atoms with Crippen molar-refractivity contribution in [3.63, 3.8) is 0 Å². The molecule has 0 saturated heterocycles. The SMILES string of the molecule is CCCC(C(CC)=C(C)C)N(C)N. The average Bonchev–Trinajstić information content (AvgIpc) is 2.03. The number of nitrogens with zero attached hydrogens (tertiary/aromatic N) is 1. The molecule has 1 atom stereocenters. The molecule has 0 rings (SSSR count). The summed E-state index contributed by atoms with van der Waals surface area (Å²) >= 11 is 0. The van der Waals surface area contributed by atoms with Gasteiger partial charge in [-0.15, -0.1) is 0 Å². The second kappa shape index (κ2) is 6.17. The molecule has 0 aromatic heterocycles. The summed E-state index contributed by atoms with van der Waals surface area (Å²) in [5.74, 6) is 5.84. The van der Waals surface area contributed by atoms with Crippen LogP contribution < -0.4 is 5.84 Å². The Hall–Kier alpha value is -0.340. The van der Waals surface area contributed by atoms with Gasteiger partial charge in [0.2, 0.25) is 0 Å². The van der Waals surface area contributed by atoms with Crippen LogP contribution in [-0.2, 0) is 0 Å². The molecule has 0 fully saturated rings. The molecule has 0 heterocycles. The number of nitrogens with two attached hydrogens (primary N) is 1. The van der Waals surface area contributed by atoms with E-state index in [9.17, 15) is 0 Å². The molecule has 0 aromatic rings. The molecule has 0 saturated carbocycles. The zero-order valence-corrected chi connectivity index (χ0v) is 9.72. The van der Waals surface area contributed by atoms with Crippen LogP contribution in [0, 0.1) is 0 Å². The largest absolute Gasteiger partial charge is 0.268 e. The van der Waals surface area contributed by atoms with Crippen LogP contribution in [0.5, 0.6) is 0 Å². The second-order valence-electron chi connectivity index (χ2n) is 3.85. The lowest BCUT2D eigenvalue weighted by atomic mass is 9.96. The molecule has 0 aliphatic rings. The first kappa shape index (κ1) is 12.7. The van der Waals surface area contributed by atoms with Crippen molar-refractivity contribution in [2.45, 2.75) is 53.0 Å². The highest BCUT2D eigenvalue weighted by atomic mass is 15.4. The van der Waals surface area contributed by atoms with E-state index in [1.165, 1.54) is 17.6 Å². The number of allylic oxidation sites excluding steroid dienone is 1. The van der Waals surface area contributed by atoms with Crippen LogP contribution in [0.4, 0.5) is 0 Å². The highest BCUT2D eigenvalue weighted by Gasteiger charge is 2.15. The van der Waals surface area contributed by atoms with Crippen molar-refractivity contribution >= 4 is 0 Å². The fraction of sp³-hybridized carbons (Fsp3) is 0.818. The second-order valence-corrected chi connectivity index (χ2v) is 3.85. The van der Waals surface area contributed by atoms with Crippen molar-refractivity contribution in [2.24, 2.45) is 5.84 Å². The molecule has 2 N–H and O–H groups in total. The Morgan fingerprint density at radius 3 is 2.08 bits per heavy atom. The van der Waals surface area contributed by atoms with Crippen LogP contribution in [0.2, 0.25) is 0 Å². The van der Waals surface area contributed by atoms with Crippen molar-refractivity contribution in [1.82, 2.24) is 5.01 Å². The summed E-state index contributed by atoms with van der Waals surface area (Å²) in [6.45, 7) is 8.75. The zero-order valence-electron chi connectivity index (χ0n) is 9.72. The van der Waals surface area contributed by atoms with Gasteiger partial charge >= 0.3 is 0 Å². The van der Waals surface area contributed by atoms with Crippen LogP contribution in [-0.4, -0.2) is 18.1 Å². The summed E-state index contributed by atoms with van der Waals surface area (Å²) in [4.78, 5) is 0. The number of hydrazine groups is 1. The van der Waals surface area contributed by atoms with E-state index in [0.717, 1.165) is 12.8 Å². The van der Waals surface area contributed by atoms with E-state index in [4.69, 9.17) is 5.84 Å². The van der Waals surface area contributed by atoms with Crippen molar-refractivity contribution in [1.29, 1.82) is 0 Å². The van der Waals surface area contributed by atoms with Crippen LogP contribution >= 0.6 is 0 Å². The fourth-order valence-corrected chi connectivity index (χ4v) is 1.82. The molecule has 0 aliphatic carbocycles. The van der Waals surface area contributed by atoms with Gasteiger partial charge in [-0.2, -0.15) is 0 Å². The summed E-state index contributed by atoms with van der Waals surface area (Å²) < 4.78 is 0. The molecule has 78 valence electrons. The Labute approximate surface area is 82.8 Å². The van der Waals surface area contributed by atoms with Gasteiger partial charge in [0.1, 0.15) is 0 Å². The van der Waals surface area contributed by atoms with E-state index in [1.54, 1.807) is 0 Å². The Kier molecular flexibility index (Phi) is 6.00. The van der Waals surface area contributed by atoms with Crippen LogP contribution in [0.25, 0.3) is 0 Å². The van der Waals surface area contributed by atoms with Gasteiger partial charge in [-0.3, -0.25) is 5.84 Å². The summed E-state index contributed by atoms with van der Waals surface area (Å²) in [6, 6.07) is 0.431. The third kappa shape index (κ3) is 3.92. The maximum Gasteiger partial charge on any atom is 0.0449 e. The summed E-state index contributed by atoms with van der Waals surface area (Å²) in [5.41, 5.74) is 2.91. The van der Waals surface area contributed by atoms with Gasteiger partial charge in [-0.25, -0.2) is 5.01 Å². The number of hydrogen-bond acceptors (Lipinski definition) is 2. The molecule has 0 amide bonds. The predicted octanol–water partition coefficient (Wildman–Crippen LogP) is 2.71. The van der Waals surface area contributed by atoms with E-state index < -0.39 is 0 Å². The van der Waals surface area contributed by atoms with Crippen molar-refractivity contribution in [3.05, 3.63) is 11.1 Å². The van der Waals surface area contributed by atoms with E-state index in [1.807, 2.05) is 12.1 Å². The quantitative estimate of drug-likeness (QED) is 0.404.